The molecule has 1 aliphatic carbocycles. The summed E-state index contributed by atoms with van der Waals surface area (Å²) in [5.74, 6) is 0. The molecule has 8 heavy (non-hydrogen) atoms. The number of thiol groups is 2. The second-order valence-electron chi connectivity index (χ2n) is 2.42. The van der Waals surface area contributed by atoms with Gasteiger partial charge in [-0.2, -0.15) is 25.3 Å². The molecule has 1 fully saturated rings. The minimum atomic E-state index is 0.562. The molecule has 0 aromatic rings. The van der Waals surface area contributed by atoms with E-state index in [2.05, 4.69) is 25.3 Å². The molecule has 0 amide bonds. The summed E-state index contributed by atoms with van der Waals surface area (Å²) >= 11 is 8.76. The minimum Gasteiger partial charge on any atom is -0.175 e. The quantitative estimate of drug-likeness (QED) is 0.483. The van der Waals surface area contributed by atoms with E-state index in [1.54, 1.807) is 0 Å². The van der Waals surface area contributed by atoms with Gasteiger partial charge < -0.3 is 0 Å². The van der Waals surface area contributed by atoms with Crippen LogP contribution in [0.15, 0.2) is 0 Å². The first kappa shape index (κ1) is 6.81. The van der Waals surface area contributed by atoms with Crippen molar-refractivity contribution in [3.8, 4) is 0 Å². The van der Waals surface area contributed by atoms with Crippen LogP contribution in [-0.4, -0.2) is 10.5 Å². The summed E-state index contributed by atoms with van der Waals surface area (Å²) in [6, 6.07) is 0. The third-order valence-corrected chi connectivity index (χ3v) is 3.17. The first-order valence-electron chi connectivity index (χ1n) is 3.17. The van der Waals surface area contributed by atoms with E-state index in [4.69, 9.17) is 0 Å². The van der Waals surface area contributed by atoms with Crippen LogP contribution in [0.3, 0.4) is 0 Å². The van der Waals surface area contributed by atoms with Crippen LogP contribution in [0.5, 0.6) is 0 Å². The molecule has 0 N–H and O–H groups in total. The second-order valence-corrected chi connectivity index (χ2v) is 3.75. The molecule has 0 aromatic carbocycles. The summed E-state index contributed by atoms with van der Waals surface area (Å²) < 4.78 is 0. The van der Waals surface area contributed by atoms with Gasteiger partial charge in [-0.05, 0) is 12.8 Å². The fourth-order valence-electron chi connectivity index (χ4n) is 1.09. The maximum Gasteiger partial charge on any atom is 0.0133 e. The highest BCUT2D eigenvalue weighted by Crippen LogP contribution is 2.26. The third-order valence-electron chi connectivity index (χ3n) is 1.69. The van der Waals surface area contributed by atoms with Crippen LogP contribution in [0.25, 0.3) is 0 Å². The Hall–Kier alpha value is 0.700. The molecule has 0 aromatic heterocycles. The Labute approximate surface area is 61.9 Å². The van der Waals surface area contributed by atoms with Gasteiger partial charge >= 0.3 is 0 Å². The lowest BCUT2D eigenvalue weighted by Crippen LogP contribution is -2.19. The minimum absolute atomic E-state index is 0.562. The monoisotopic (exact) mass is 148 g/mol. The molecule has 48 valence electrons. The van der Waals surface area contributed by atoms with E-state index in [-0.39, 0.29) is 0 Å². The zero-order valence-corrected chi connectivity index (χ0v) is 6.67. The van der Waals surface area contributed by atoms with Crippen LogP contribution in [0.2, 0.25) is 0 Å². The van der Waals surface area contributed by atoms with Gasteiger partial charge in [-0.25, -0.2) is 0 Å². The molecule has 0 nitrogen and oxygen atoms in total. The van der Waals surface area contributed by atoms with Gasteiger partial charge in [0.15, 0.2) is 0 Å². The maximum atomic E-state index is 4.38. The van der Waals surface area contributed by atoms with Crippen molar-refractivity contribution in [1.29, 1.82) is 0 Å². The molecule has 2 heteroatoms. The van der Waals surface area contributed by atoms with Crippen LogP contribution in [-0.2, 0) is 0 Å². The topological polar surface area (TPSA) is 0 Å². The molecule has 1 aliphatic rings. The van der Waals surface area contributed by atoms with Gasteiger partial charge in [0.05, 0.1) is 0 Å². The van der Waals surface area contributed by atoms with Crippen LogP contribution >= 0.6 is 25.3 Å². The van der Waals surface area contributed by atoms with E-state index in [1.165, 1.54) is 25.7 Å². The van der Waals surface area contributed by atoms with Gasteiger partial charge in [0.2, 0.25) is 0 Å². The second kappa shape index (κ2) is 3.02. The van der Waals surface area contributed by atoms with E-state index in [0.29, 0.717) is 10.5 Å². The highest BCUT2D eigenvalue weighted by atomic mass is 32.1. The highest BCUT2D eigenvalue weighted by Gasteiger charge is 2.17. The van der Waals surface area contributed by atoms with Crippen molar-refractivity contribution in [2.45, 2.75) is 36.2 Å². The zero-order valence-electron chi connectivity index (χ0n) is 4.88. The standard InChI is InChI=1S/C6H12S2/c7-5-3-1-2-4-6(5)8/h5-8H,1-4H2/t5-,6?/m0/s1. The van der Waals surface area contributed by atoms with Crippen LogP contribution in [0.1, 0.15) is 25.7 Å². The Balaban J connectivity index is 2.28. The lowest BCUT2D eigenvalue weighted by Gasteiger charge is -2.22. The predicted octanol–water partition coefficient (Wildman–Crippen LogP) is 2.16. The molecule has 1 saturated carbocycles. The van der Waals surface area contributed by atoms with Crippen molar-refractivity contribution in [2.75, 3.05) is 0 Å². The van der Waals surface area contributed by atoms with Gasteiger partial charge in [0, 0.05) is 10.5 Å². The molecule has 0 spiro atoms. The SMILES string of the molecule is SC1CCCC[C@@H]1S. The molecule has 0 radical (unpaired) electrons. The van der Waals surface area contributed by atoms with Crippen molar-refractivity contribution in [3.05, 3.63) is 0 Å². The van der Waals surface area contributed by atoms with E-state index in [0.717, 1.165) is 0 Å². The van der Waals surface area contributed by atoms with Crippen molar-refractivity contribution in [2.24, 2.45) is 0 Å². The highest BCUT2D eigenvalue weighted by molar-refractivity contribution is 7.85. The Morgan fingerprint density at radius 3 is 1.50 bits per heavy atom. The van der Waals surface area contributed by atoms with Gasteiger partial charge in [-0.3, -0.25) is 0 Å². The fourth-order valence-corrected chi connectivity index (χ4v) is 1.76. The normalized spacial score (nSPS) is 39.8. The summed E-state index contributed by atoms with van der Waals surface area (Å²) in [4.78, 5) is 0. The molecular formula is C6H12S2. The Bertz CT molecular complexity index is 62.9. The smallest absolute Gasteiger partial charge is 0.0133 e. The maximum absolute atomic E-state index is 4.38. The van der Waals surface area contributed by atoms with Gasteiger partial charge in [0.25, 0.3) is 0 Å². The van der Waals surface area contributed by atoms with Crippen LogP contribution in [0.4, 0.5) is 0 Å². The van der Waals surface area contributed by atoms with Crippen molar-refractivity contribution >= 4 is 25.3 Å². The zero-order chi connectivity index (χ0) is 5.98. The van der Waals surface area contributed by atoms with Crippen molar-refractivity contribution < 1.29 is 0 Å². The molecule has 0 aliphatic heterocycles. The van der Waals surface area contributed by atoms with Gasteiger partial charge in [-0.1, -0.05) is 12.8 Å². The molecule has 1 unspecified atom stereocenters. The lowest BCUT2D eigenvalue weighted by atomic mass is 10.00. The van der Waals surface area contributed by atoms with E-state index < -0.39 is 0 Å². The molecule has 0 heterocycles. The van der Waals surface area contributed by atoms with Crippen molar-refractivity contribution in [3.63, 3.8) is 0 Å². The first-order chi connectivity index (χ1) is 3.80. The Kier molecular flexibility index (Phi) is 2.57. The summed E-state index contributed by atoms with van der Waals surface area (Å²) in [6.07, 6.45) is 5.23. The van der Waals surface area contributed by atoms with E-state index in [9.17, 15) is 0 Å². The van der Waals surface area contributed by atoms with E-state index in [1.807, 2.05) is 0 Å². The van der Waals surface area contributed by atoms with Crippen molar-refractivity contribution in [1.82, 2.24) is 0 Å². The van der Waals surface area contributed by atoms with Gasteiger partial charge in [-0.15, -0.1) is 0 Å². The molecule has 2 atom stereocenters. The van der Waals surface area contributed by atoms with E-state index >= 15 is 0 Å². The molecular weight excluding hydrogens is 136 g/mol. The van der Waals surface area contributed by atoms with Gasteiger partial charge in [0.1, 0.15) is 0 Å². The molecule has 0 saturated heterocycles. The number of rotatable bonds is 0. The molecule has 0 bridgehead atoms. The lowest BCUT2D eigenvalue weighted by molar-refractivity contribution is 0.532. The number of hydrogen-bond acceptors (Lipinski definition) is 2. The summed E-state index contributed by atoms with van der Waals surface area (Å²) in [6.45, 7) is 0. The average molecular weight is 148 g/mol. The number of hydrogen-bond donors (Lipinski definition) is 2. The first-order valence-corrected chi connectivity index (χ1v) is 4.20. The average Bonchev–Trinajstić information content (AvgIpc) is 1.77. The summed E-state index contributed by atoms with van der Waals surface area (Å²) in [7, 11) is 0. The van der Waals surface area contributed by atoms with Crippen LogP contribution in [0, 0.1) is 0 Å². The Morgan fingerprint density at radius 1 is 0.875 bits per heavy atom. The third kappa shape index (κ3) is 1.59. The summed E-state index contributed by atoms with van der Waals surface area (Å²) in [5.41, 5.74) is 0. The Morgan fingerprint density at radius 2 is 1.25 bits per heavy atom. The molecule has 1 rings (SSSR count). The fraction of sp³-hybridized carbons (Fsp3) is 1.00. The van der Waals surface area contributed by atoms with Crippen LogP contribution < -0.4 is 0 Å². The predicted molar refractivity (Wildman–Crippen MR) is 44.0 cm³/mol. The largest absolute Gasteiger partial charge is 0.175 e. The summed E-state index contributed by atoms with van der Waals surface area (Å²) in [5, 5.41) is 1.12.